The number of alkyl halides is 3. The second kappa shape index (κ2) is 10.0. The van der Waals surface area contributed by atoms with Gasteiger partial charge < -0.3 is 14.6 Å². The van der Waals surface area contributed by atoms with Crippen LogP contribution in [-0.2, 0) is 11.2 Å². The third kappa shape index (κ3) is 5.60. The summed E-state index contributed by atoms with van der Waals surface area (Å²) in [6.45, 7) is 4.64. The molecule has 1 spiro atoms. The average molecular weight is 537 g/mol. The van der Waals surface area contributed by atoms with Crippen LogP contribution in [0.1, 0.15) is 74.7 Å². The Balaban J connectivity index is 1.28. The number of pyridine rings is 1. The highest BCUT2D eigenvalue weighted by molar-refractivity contribution is 5.71. The number of aryl methyl sites for hydroxylation is 1. The fourth-order valence-electron chi connectivity index (χ4n) is 6.06. The number of likely N-dealkylation sites (tertiary alicyclic amines) is 1. The number of fused-ring (bicyclic) bond motifs is 1. The van der Waals surface area contributed by atoms with Crippen LogP contribution in [0.2, 0.25) is 0 Å². The van der Waals surface area contributed by atoms with Crippen molar-refractivity contribution in [3.63, 3.8) is 0 Å². The number of ether oxygens (including phenoxy) is 2. The monoisotopic (exact) mass is 536 g/mol. The zero-order valence-electron chi connectivity index (χ0n) is 21.4. The second-order valence-electron chi connectivity index (χ2n) is 10.9. The summed E-state index contributed by atoms with van der Waals surface area (Å²) in [6.07, 6.45) is 0.221. The lowest BCUT2D eigenvalue weighted by Gasteiger charge is -2.46. The molecule has 10 heteroatoms. The molecule has 3 aliphatic rings. The fraction of sp³-hybridized carbons (Fsp3) is 0.571. The molecule has 0 amide bonds. The van der Waals surface area contributed by atoms with Crippen molar-refractivity contribution in [2.75, 3.05) is 13.1 Å². The molecule has 1 N–H and O–H groups in total. The van der Waals surface area contributed by atoms with Crippen molar-refractivity contribution < 1.29 is 36.9 Å². The molecule has 3 heterocycles. The summed E-state index contributed by atoms with van der Waals surface area (Å²) in [4.78, 5) is 17.6. The van der Waals surface area contributed by atoms with Crippen LogP contribution in [-0.4, -0.2) is 46.0 Å². The van der Waals surface area contributed by atoms with Crippen molar-refractivity contribution in [2.45, 2.75) is 76.3 Å². The molecule has 1 saturated carbocycles. The topological polar surface area (TPSA) is 71.9 Å². The van der Waals surface area contributed by atoms with Gasteiger partial charge in [0.2, 0.25) is 5.88 Å². The predicted octanol–water partition coefficient (Wildman–Crippen LogP) is 6.25. The summed E-state index contributed by atoms with van der Waals surface area (Å²) in [5.74, 6) is -1.47. The second-order valence-corrected chi connectivity index (χ2v) is 10.9. The lowest BCUT2D eigenvalue weighted by Crippen LogP contribution is -2.50. The Morgan fingerprint density at radius 1 is 1.16 bits per heavy atom. The van der Waals surface area contributed by atoms with E-state index in [1.165, 1.54) is 0 Å². The van der Waals surface area contributed by atoms with Crippen LogP contribution in [0.15, 0.2) is 30.3 Å². The first kappa shape index (κ1) is 26.7. The third-order valence-electron chi connectivity index (χ3n) is 8.43. The number of carboxylic acids is 1. The minimum absolute atomic E-state index is 0.0403. The first-order valence-electron chi connectivity index (χ1n) is 13.2. The fourth-order valence-corrected chi connectivity index (χ4v) is 6.06. The van der Waals surface area contributed by atoms with Gasteiger partial charge in [0.15, 0.2) is 0 Å². The van der Waals surface area contributed by atoms with E-state index in [2.05, 4.69) is 15.8 Å². The molecule has 38 heavy (non-hydrogen) atoms. The van der Waals surface area contributed by atoms with Gasteiger partial charge in [-0.25, -0.2) is 9.37 Å². The Kier molecular flexibility index (Phi) is 7.04. The number of hydrogen-bond donors (Lipinski definition) is 1. The number of rotatable bonds is 7. The molecular formula is C28H32F4N2O4. The van der Waals surface area contributed by atoms with Crippen molar-refractivity contribution in [2.24, 2.45) is 11.8 Å². The van der Waals surface area contributed by atoms with Crippen molar-refractivity contribution in [1.82, 2.24) is 9.88 Å². The Bertz CT molecular complexity index is 1190. The van der Waals surface area contributed by atoms with Gasteiger partial charge in [0.1, 0.15) is 17.2 Å². The van der Waals surface area contributed by atoms with Crippen LogP contribution in [0.4, 0.5) is 17.6 Å². The van der Waals surface area contributed by atoms with Crippen LogP contribution in [0.5, 0.6) is 11.6 Å². The van der Waals surface area contributed by atoms with Crippen LogP contribution >= 0.6 is 0 Å². The van der Waals surface area contributed by atoms with Crippen LogP contribution in [0.25, 0.3) is 0 Å². The molecule has 1 aliphatic carbocycles. The molecule has 1 aromatic heterocycles. The largest absolute Gasteiger partial charge is 0.574 e. The smallest absolute Gasteiger partial charge is 0.487 e. The van der Waals surface area contributed by atoms with E-state index in [4.69, 9.17) is 4.74 Å². The summed E-state index contributed by atoms with van der Waals surface area (Å²) in [7, 11) is 0. The number of benzene rings is 1. The molecule has 2 aliphatic heterocycles. The molecule has 6 nitrogen and oxygen atoms in total. The van der Waals surface area contributed by atoms with Crippen LogP contribution in [0, 0.1) is 17.7 Å². The van der Waals surface area contributed by atoms with E-state index in [1.807, 2.05) is 17.0 Å². The van der Waals surface area contributed by atoms with Gasteiger partial charge in [-0.15, -0.1) is 13.2 Å². The number of aromatic nitrogens is 1. The predicted molar refractivity (Wildman–Crippen MR) is 130 cm³/mol. The summed E-state index contributed by atoms with van der Waals surface area (Å²) in [5, 5.41) is 9.64. The molecule has 0 radical (unpaired) electrons. The molecule has 3 atom stereocenters. The number of nitrogens with zero attached hydrogens (tertiary/aromatic N) is 2. The maximum absolute atomic E-state index is 14.5. The van der Waals surface area contributed by atoms with E-state index in [0.717, 1.165) is 54.7 Å². The first-order valence-corrected chi connectivity index (χ1v) is 13.2. The zero-order chi connectivity index (χ0) is 27.2. The molecule has 1 saturated heterocycles. The van der Waals surface area contributed by atoms with Gasteiger partial charge in [-0.1, -0.05) is 19.1 Å². The molecule has 0 bridgehead atoms. The standard InChI is InChI=1S/C28H32F4N2O4/c1-16(26(35)36)24(19-4-5-19)20-6-3-18-9-10-27(37-22(18)15-20)11-13-34(14-12-27)17(2)25-21(29)7-8-23(33-25)38-28(30,31)32/h3,6-8,15-17,19,24H,4-5,9-14H2,1-2H3,(H,35,36)/t16-,17?,24?/m0/s1. The SMILES string of the molecule is CC(c1nc(OC(F)(F)F)ccc1F)N1CCC2(CCc3ccc(C(C4CC4)[C@H](C)C(=O)O)cc3O2)CC1. The summed E-state index contributed by atoms with van der Waals surface area (Å²) < 4.78 is 62.9. The maximum Gasteiger partial charge on any atom is 0.574 e. The highest BCUT2D eigenvalue weighted by Gasteiger charge is 2.43. The first-order chi connectivity index (χ1) is 17.9. The highest BCUT2D eigenvalue weighted by atomic mass is 19.4. The Labute approximate surface area is 218 Å². The Morgan fingerprint density at radius 3 is 2.50 bits per heavy atom. The Hall–Kier alpha value is -2.88. The van der Waals surface area contributed by atoms with E-state index < -0.39 is 36.0 Å². The molecular weight excluding hydrogens is 504 g/mol. The normalized spacial score (nSPS) is 21.7. The van der Waals surface area contributed by atoms with Crippen molar-refractivity contribution in [3.8, 4) is 11.6 Å². The van der Waals surface area contributed by atoms with Gasteiger partial charge in [0, 0.05) is 19.2 Å². The minimum Gasteiger partial charge on any atom is -0.487 e. The van der Waals surface area contributed by atoms with Gasteiger partial charge in [-0.2, -0.15) is 0 Å². The number of carbonyl (C=O) groups is 1. The van der Waals surface area contributed by atoms with Crippen LogP contribution < -0.4 is 9.47 Å². The van der Waals surface area contributed by atoms with E-state index in [0.29, 0.717) is 31.8 Å². The van der Waals surface area contributed by atoms with Gasteiger partial charge in [0.25, 0.3) is 0 Å². The van der Waals surface area contributed by atoms with E-state index in [-0.39, 0.29) is 17.2 Å². The number of carboxylic acid groups (broad SMARTS) is 1. The molecule has 2 aromatic rings. The zero-order valence-corrected chi connectivity index (χ0v) is 21.4. The van der Waals surface area contributed by atoms with Gasteiger partial charge in [-0.3, -0.25) is 9.69 Å². The molecule has 206 valence electrons. The van der Waals surface area contributed by atoms with Crippen molar-refractivity contribution in [3.05, 3.63) is 53.0 Å². The Morgan fingerprint density at radius 2 is 1.87 bits per heavy atom. The van der Waals surface area contributed by atoms with Crippen molar-refractivity contribution in [1.29, 1.82) is 0 Å². The lowest BCUT2D eigenvalue weighted by molar-refractivity contribution is -0.276. The lowest BCUT2D eigenvalue weighted by atomic mass is 9.80. The number of hydrogen-bond acceptors (Lipinski definition) is 5. The molecule has 2 unspecified atom stereocenters. The quantitative estimate of drug-likeness (QED) is 0.422. The van der Waals surface area contributed by atoms with Gasteiger partial charge >= 0.3 is 12.3 Å². The highest BCUT2D eigenvalue weighted by Crippen LogP contribution is 2.49. The minimum atomic E-state index is -4.90. The molecule has 5 rings (SSSR count). The van der Waals surface area contributed by atoms with Gasteiger partial charge in [-0.05, 0) is 80.5 Å². The maximum atomic E-state index is 14.5. The number of piperidine rings is 1. The van der Waals surface area contributed by atoms with Crippen LogP contribution in [0.3, 0.4) is 0 Å². The van der Waals surface area contributed by atoms with E-state index in [1.54, 1.807) is 13.8 Å². The molecule has 2 fully saturated rings. The summed E-state index contributed by atoms with van der Waals surface area (Å²) >= 11 is 0. The number of halogens is 4. The van der Waals surface area contributed by atoms with Crippen molar-refractivity contribution >= 4 is 5.97 Å². The van der Waals surface area contributed by atoms with E-state index in [9.17, 15) is 27.5 Å². The third-order valence-corrected chi connectivity index (χ3v) is 8.43. The van der Waals surface area contributed by atoms with E-state index >= 15 is 0 Å². The van der Waals surface area contributed by atoms with Gasteiger partial charge in [0.05, 0.1) is 17.7 Å². The molecule has 1 aromatic carbocycles. The summed E-state index contributed by atoms with van der Waals surface area (Å²) in [5.41, 5.74) is 1.65. The summed E-state index contributed by atoms with van der Waals surface area (Å²) in [6, 6.07) is 7.41. The average Bonchev–Trinajstić information content (AvgIpc) is 3.69. The number of aliphatic carboxylic acids is 1.